The van der Waals surface area contributed by atoms with Crippen LogP contribution in [0.3, 0.4) is 0 Å². The van der Waals surface area contributed by atoms with Gasteiger partial charge in [-0.25, -0.2) is 9.67 Å². The number of carbonyl (C=O) groups is 1. The molecule has 5 nitrogen and oxygen atoms in total. The van der Waals surface area contributed by atoms with E-state index in [1.165, 1.54) is 6.92 Å². The Balaban J connectivity index is 2.22. The lowest BCUT2D eigenvalue weighted by Gasteiger charge is -2.03. The van der Waals surface area contributed by atoms with Crippen LogP contribution in [0.2, 0.25) is 0 Å². The maximum Gasteiger partial charge on any atom is 0.221 e. The van der Waals surface area contributed by atoms with E-state index in [4.69, 9.17) is 0 Å². The zero-order chi connectivity index (χ0) is 11.5. The van der Waals surface area contributed by atoms with Crippen LogP contribution >= 0.6 is 15.9 Å². The first-order valence-corrected chi connectivity index (χ1v) is 5.38. The molecule has 2 heterocycles. The van der Waals surface area contributed by atoms with Crippen LogP contribution in [0.1, 0.15) is 6.92 Å². The molecular formula is C10H9BrN4O. The highest BCUT2D eigenvalue weighted by Crippen LogP contribution is 2.12. The van der Waals surface area contributed by atoms with Crippen LogP contribution in [0.25, 0.3) is 5.82 Å². The van der Waals surface area contributed by atoms with Gasteiger partial charge in [0, 0.05) is 13.1 Å². The standard InChI is InChI=1S/C10H9BrN4O/c1-7(16)14-9-2-3-10(12-5-9)15-6-8(11)4-13-15/h2-6H,1H3,(H,14,16). The molecule has 0 fully saturated rings. The van der Waals surface area contributed by atoms with Crippen LogP contribution in [0.4, 0.5) is 5.69 Å². The molecule has 0 aliphatic heterocycles. The number of pyridine rings is 1. The van der Waals surface area contributed by atoms with Gasteiger partial charge in [0.1, 0.15) is 0 Å². The van der Waals surface area contributed by atoms with Gasteiger partial charge in [-0.2, -0.15) is 5.10 Å². The average Bonchev–Trinajstić information content (AvgIpc) is 2.65. The molecule has 0 spiro atoms. The molecule has 0 bridgehead atoms. The van der Waals surface area contributed by atoms with E-state index in [1.807, 2.05) is 0 Å². The molecule has 0 radical (unpaired) electrons. The van der Waals surface area contributed by atoms with E-state index in [0.717, 1.165) is 4.47 Å². The quantitative estimate of drug-likeness (QED) is 0.915. The molecule has 2 rings (SSSR count). The minimum atomic E-state index is -0.114. The number of rotatable bonds is 2. The Kier molecular flexibility index (Phi) is 3.00. The van der Waals surface area contributed by atoms with Crippen molar-refractivity contribution in [2.75, 3.05) is 5.32 Å². The minimum Gasteiger partial charge on any atom is -0.325 e. The van der Waals surface area contributed by atoms with Crippen molar-refractivity contribution >= 4 is 27.5 Å². The van der Waals surface area contributed by atoms with Crippen molar-refractivity contribution < 1.29 is 4.79 Å². The summed E-state index contributed by atoms with van der Waals surface area (Å²) in [4.78, 5) is 15.0. The van der Waals surface area contributed by atoms with Gasteiger partial charge in [-0.15, -0.1) is 0 Å². The molecule has 6 heteroatoms. The van der Waals surface area contributed by atoms with Gasteiger partial charge in [-0.1, -0.05) is 0 Å². The zero-order valence-corrected chi connectivity index (χ0v) is 10.1. The van der Waals surface area contributed by atoms with Gasteiger partial charge in [0.25, 0.3) is 0 Å². The van der Waals surface area contributed by atoms with E-state index in [1.54, 1.807) is 35.4 Å². The second kappa shape index (κ2) is 4.44. The number of anilines is 1. The molecule has 82 valence electrons. The lowest BCUT2D eigenvalue weighted by atomic mass is 10.4. The Morgan fingerprint density at radius 3 is 2.75 bits per heavy atom. The van der Waals surface area contributed by atoms with Crippen molar-refractivity contribution in [2.24, 2.45) is 0 Å². The average molecular weight is 281 g/mol. The van der Waals surface area contributed by atoms with Crippen molar-refractivity contribution in [3.63, 3.8) is 0 Å². The van der Waals surface area contributed by atoms with Crippen LogP contribution in [-0.4, -0.2) is 20.7 Å². The minimum absolute atomic E-state index is 0.114. The first kappa shape index (κ1) is 10.8. The lowest BCUT2D eigenvalue weighted by Crippen LogP contribution is -2.06. The summed E-state index contributed by atoms with van der Waals surface area (Å²) in [6, 6.07) is 3.56. The number of aromatic nitrogens is 3. The molecule has 16 heavy (non-hydrogen) atoms. The highest BCUT2D eigenvalue weighted by Gasteiger charge is 2.01. The number of nitrogens with one attached hydrogen (secondary N) is 1. The second-order valence-corrected chi connectivity index (χ2v) is 4.11. The molecule has 0 atom stereocenters. The predicted molar refractivity (Wildman–Crippen MR) is 63.4 cm³/mol. The lowest BCUT2D eigenvalue weighted by molar-refractivity contribution is -0.114. The summed E-state index contributed by atoms with van der Waals surface area (Å²) in [5.41, 5.74) is 0.669. The number of carbonyl (C=O) groups excluding carboxylic acids is 1. The molecule has 0 aliphatic carbocycles. The van der Waals surface area contributed by atoms with E-state index in [0.29, 0.717) is 11.5 Å². The number of hydrogen-bond acceptors (Lipinski definition) is 3. The van der Waals surface area contributed by atoms with Gasteiger partial charge in [0.05, 0.1) is 22.6 Å². The summed E-state index contributed by atoms with van der Waals surface area (Å²) in [5, 5.41) is 6.74. The van der Waals surface area contributed by atoms with E-state index < -0.39 is 0 Å². The van der Waals surface area contributed by atoms with Crippen LogP contribution in [0, 0.1) is 0 Å². The molecule has 2 aromatic rings. The summed E-state index contributed by atoms with van der Waals surface area (Å²) in [6.07, 6.45) is 5.08. The molecule has 0 aliphatic rings. The van der Waals surface area contributed by atoms with Crippen molar-refractivity contribution in [1.29, 1.82) is 0 Å². The summed E-state index contributed by atoms with van der Waals surface area (Å²) in [5.74, 6) is 0.580. The predicted octanol–water partition coefficient (Wildman–Crippen LogP) is 1.99. The Labute approximate surface area is 101 Å². The summed E-state index contributed by atoms with van der Waals surface area (Å²) >= 11 is 3.31. The van der Waals surface area contributed by atoms with Gasteiger partial charge in [-0.05, 0) is 28.1 Å². The Morgan fingerprint density at radius 1 is 1.44 bits per heavy atom. The van der Waals surface area contributed by atoms with Crippen LogP contribution < -0.4 is 5.32 Å². The first-order valence-electron chi connectivity index (χ1n) is 4.59. The largest absolute Gasteiger partial charge is 0.325 e. The third-order valence-corrected chi connectivity index (χ3v) is 2.26. The molecule has 0 saturated carbocycles. The fraction of sp³-hybridized carbons (Fsp3) is 0.100. The zero-order valence-electron chi connectivity index (χ0n) is 8.51. The van der Waals surface area contributed by atoms with Crippen molar-refractivity contribution in [3.8, 4) is 5.82 Å². The fourth-order valence-corrected chi connectivity index (χ4v) is 1.51. The van der Waals surface area contributed by atoms with E-state index >= 15 is 0 Å². The Bertz CT molecular complexity index is 506. The number of nitrogens with zero attached hydrogens (tertiary/aromatic N) is 3. The van der Waals surface area contributed by atoms with E-state index in [2.05, 4.69) is 31.3 Å². The number of amides is 1. The number of hydrogen-bond donors (Lipinski definition) is 1. The maximum atomic E-state index is 10.8. The van der Waals surface area contributed by atoms with Crippen LogP contribution in [0.15, 0.2) is 35.2 Å². The molecule has 0 aromatic carbocycles. The molecular weight excluding hydrogens is 272 g/mol. The third-order valence-electron chi connectivity index (χ3n) is 1.85. The third kappa shape index (κ3) is 2.46. The highest BCUT2D eigenvalue weighted by atomic mass is 79.9. The second-order valence-electron chi connectivity index (χ2n) is 3.19. The Morgan fingerprint density at radius 2 is 2.25 bits per heavy atom. The maximum absolute atomic E-state index is 10.8. The van der Waals surface area contributed by atoms with Crippen LogP contribution in [-0.2, 0) is 4.79 Å². The van der Waals surface area contributed by atoms with Gasteiger partial charge in [0.15, 0.2) is 5.82 Å². The van der Waals surface area contributed by atoms with Crippen molar-refractivity contribution in [3.05, 3.63) is 35.2 Å². The SMILES string of the molecule is CC(=O)Nc1ccc(-n2cc(Br)cn2)nc1. The highest BCUT2D eigenvalue weighted by molar-refractivity contribution is 9.10. The topological polar surface area (TPSA) is 59.8 Å². The van der Waals surface area contributed by atoms with Crippen molar-refractivity contribution in [2.45, 2.75) is 6.92 Å². The van der Waals surface area contributed by atoms with Crippen molar-refractivity contribution in [1.82, 2.24) is 14.8 Å². The summed E-state index contributed by atoms with van der Waals surface area (Å²) in [7, 11) is 0. The Hall–Kier alpha value is -1.69. The molecule has 0 saturated heterocycles. The molecule has 1 amide bonds. The van der Waals surface area contributed by atoms with E-state index in [9.17, 15) is 4.79 Å². The van der Waals surface area contributed by atoms with Gasteiger partial charge in [-0.3, -0.25) is 4.79 Å². The van der Waals surface area contributed by atoms with Crippen LogP contribution in [0.5, 0.6) is 0 Å². The summed E-state index contributed by atoms with van der Waals surface area (Å²) < 4.78 is 2.53. The van der Waals surface area contributed by atoms with Gasteiger partial charge >= 0.3 is 0 Å². The number of halogens is 1. The fourth-order valence-electron chi connectivity index (χ4n) is 1.22. The van der Waals surface area contributed by atoms with E-state index in [-0.39, 0.29) is 5.91 Å². The monoisotopic (exact) mass is 280 g/mol. The smallest absolute Gasteiger partial charge is 0.221 e. The van der Waals surface area contributed by atoms with Gasteiger partial charge < -0.3 is 5.32 Å². The molecule has 2 aromatic heterocycles. The summed E-state index contributed by atoms with van der Waals surface area (Å²) in [6.45, 7) is 1.46. The first-order chi connectivity index (χ1) is 7.65. The normalized spacial score (nSPS) is 10.1. The molecule has 0 unspecified atom stereocenters. The van der Waals surface area contributed by atoms with Gasteiger partial charge in [0.2, 0.25) is 5.91 Å². The molecule has 1 N–H and O–H groups in total.